The molecule has 6 nitrogen and oxygen atoms in total. The quantitative estimate of drug-likeness (QED) is 0.623. The fourth-order valence-corrected chi connectivity index (χ4v) is 2.07. The Morgan fingerprint density at radius 1 is 1.29 bits per heavy atom. The first-order chi connectivity index (χ1) is 10.0. The molecular weight excluding hydrogens is 264 g/mol. The molecule has 2 aromatic rings. The predicted molar refractivity (Wildman–Crippen MR) is 83.3 cm³/mol. The van der Waals surface area contributed by atoms with Gasteiger partial charge in [-0.1, -0.05) is 6.07 Å². The molecule has 0 saturated heterocycles. The molecule has 0 radical (unpaired) electrons. The van der Waals surface area contributed by atoms with Crippen molar-refractivity contribution in [2.75, 3.05) is 11.4 Å². The number of anilines is 1. The molecule has 0 fully saturated rings. The molecule has 0 amide bonds. The minimum atomic E-state index is 0.163. The molecule has 0 atom stereocenters. The summed E-state index contributed by atoms with van der Waals surface area (Å²) in [6, 6.07) is 5.86. The normalized spacial score (nSPS) is 10.4. The molecule has 0 aliphatic heterocycles. The van der Waals surface area contributed by atoms with Gasteiger partial charge in [0.1, 0.15) is 0 Å². The number of aromatic nitrogens is 3. The molecule has 0 spiro atoms. The SMILES string of the molecule is Cc1cc(C)nc(N(CCC(=N)N)Cc2cccnc2)n1. The van der Waals surface area contributed by atoms with Crippen LogP contribution in [0.1, 0.15) is 23.4 Å². The zero-order valence-corrected chi connectivity index (χ0v) is 12.4. The number of hydrogen-bond acceptors (Lipinski definition) is 5. The van der Waals surface area contributed by atoms with Crippen molar-refractivity contribution >= 4 is 11.8 Å². The lowest BCUT2D eigenvalue weighted by atomic mass is 10.2. The topological polar surface area (TPSA) is 91.8 Å². The van der Waals surface area contributed by atoms with Gasteiger partial charge in [-0.05, 0) is 31.5 Å². The summed E-state index contributed by atoms with van der Waals surface area (Å²) in [6.07, 6.45) is 4.05. The van der Waals surface area contributed by atoms with Gasteiger partial charge in [-0.25, -0.2) is 9.97 Å². The molecule has 0 saturated carbocycles. The highest BCUT2D eigenvalue weighted by atomic mass is 15.2. The van der Waals surface area contributed by atoms with Crippen molar-refractivity contribution in [3.63, 3.8) is 0 Å². The summed E-state index contributed by atoms with van der Waals surface area (Å²) in [5.41, 5.74) is 8.40. The Morgan fingerprint density at radius 3 is 2.57 bits per heavy atom. The molecular formula is C15H20N6. The van der Waals surface area contributed by atoms with E-state index in [-0.39, 0.29) is 5.84 Å². The number of hydrogen-bond donors (Lipinski definition) is 2. The van der Waals surface area contributed by atoms with Gasteiger partial charge in [0.15, 0.2) is 0 Å². The molecule has 0 aliphatic carbocycles. The van der Waals surface area contributed by atoms with Crippen LogP contribution >= 0.6 is 0 Å². The van der Waals surface area contributed by atoms with Gasteiger partial charge in [0.25, 0.3) is 0 Å². The lowest BCUT2D eigenvalue weighted by Gasteiger charge is -2.23. The number of nitrogens with one attached hydrogen (secondary N) is 1. The molecule has 0 unspecified atom stereocenters. The number of aryl methyl sites for hydroxylation is 2. The second-order valence-corrected chi connectivity index (χ2v) is 5.01. The summed E-state index contributed by atoms with van der Waals surface area (Å²) in [6.45, 7) is 5.15. The number of rotatable bonds is 6. The lowest BCUT2D eigenvalue weighted by molar-refractivity contribution is 0.758. The van der Waals surface area contributed by atoms with E-state index in [1.165, 1.54) is 0 Å². The molecule has 3 N–H and O–H groups in total. The van der Waals surface area contributed by atoms with Crippen LogP contribution < -0.4 is 10.6 Å². The molecule has 110 valence electrons. The first-order valence-corrected chi connectivity index (χ1v) is 6.83. The van der Waals surface area contributed by atoms with E-state index in [0.717, 1.165) is 17.0 Å². The Balaban J connectivity index is 2.24. The van der Waals surface area contributed by atoms with Gasteiger partial charge in [0, 0.05) is 43.3 Å². The first-order valence-electron chi connectivity index (χ1n) is 6.83. The molecule has 2 aromatic heterocycles. The largest absolute Gasteiger partial charge is 0.388 e. The second-order valence-electron chi connectivity index (χ2n) is 5.01. The maximum atomic E-state index is 7.41. The first kappa shape index (κ1) is 14.9. The zero-order valence-electron chi connectivity index (χ0n) is 12.4. The van der Waals surface area contributed by atoms with Crippen LogP contribution in [-0.4, -0.2) is 27.3 Å². The van der Waals surface area contributed by atoms with E-state index in [9.17, 15) is 0 Å². The monoisotopic (exact) mass is 284 g/mol. The van der Waals surface area contributed by atoms with Crippen LogP contribution in [0.2, 0.25) is 0 Å². The van der Waals surface area contributed by atoms with Crippen molar-refractivity contribution in [1.29, 1.82) is 5.41 Å². The highest BCUT2D eigenvalue weighted by molar-refractivity contribution is 5.77. The summed E-state index contributed by atoms with van der Waals surface area (Å²) >= 11 is 0. The van der Waals surface area contributed by atoms with Crippen LogP contribution in [0.3, 0.4) is 0 Å². The Labute approximate surface area is 124 Å². The standard InChI is InChI=1S/C15H20N6/c1-11-8-12(2)20-15(19-11)21(7-5-14(16)17)10-13-4-3-6-18-9-13/h3-4,6,8-9H,5,7,10H2,1-2H3,(H3,16,17). The van der Waals surface area contributed by atoms with E-state index >= 15 is 0 Å². The smallest absolute Gasteiger partial charge is 0.226 e. The summed E-state index contributed by atoms with van der Waals surface area (Å²) in [4.78, 5) is 15.1. The average Bonchev–Trinajstić information content (AvgIpc) is 2.43. The predicted octanol–water partition coefficient (Wildman–Crippen LogP) is 1.82. The van der Waals surface area contributed by atoms with Crippen LogP contribution in [0.25, 0.3) is 0 Å². The third-order valence-electron chi connectivity index (χ3n) is 3.00. The minimum Gasteiger partial charge on any atom is -0.388 e. The van der Waals surface area contributed by atoms with E-state index in [4.69, 9.17) is 11.1 Å². The van der Waals surface area contributed by atoms with Gasteiger partial charge in [-0.15, -0.1) is 0 Å². The van der Waals surface area contributed by atoms with Gasteiger partial charge >= 0.3 is 0 Å². The van der Waals surface area contributed by atoms with E-state index < -0.39 is 0 Å². The second kappa shape index (κ2) is 6.78. The summed E-state index contributed by atoms with van der Waals surface area (Å²) in [7, 11) is 0. The van der Waals surface area contributed by atoms with Gasteiger partial charge in [-0.3, -0.25) is 10.4 Å². The van der Waals surface area contributed by atoms with Crippen molar-refractivity contribution in [2.24, 2.45) is 5.73 Å². The van der Waals surface area contributed by atoms with E-state index in [2.05, 4.69) is 15.0 Å². The highest BCUT2D eigenvalue weighted by Crippen LogP contribution is 2.14. The van der Waals surface area contributed by atoms with Crippen molar-refractivity contribution in [1.82, 2.24) is 15.0 Å². The maximum Gasteiger partial charge on any atom is 0.226 e. The number of nitrogens with zero attached hydrogens (tertiary/aromatic N) is 4. The molecule has 0 aromatic carbocycles. The van der Waals surface area contributed by atoms with Crippen LogP contribution in [-0.2, 0) is 6.54 Å². The van der Waals surface area contributed by atoms with Crippen molar-refractivity contribution in [3.05, 3.63) is 47.5 Å². The molecule has 2 heterocycles. The van der Waals surface area contributed by atoms with Gasteiger partial charge in [0.2, 0.25) is 5.95 Å². The van der Waals surface area contributed by atoms with Gasteiger partial charge in [-0.2, -0.15) is 0 Å². The Hall–Kier alpha value is -2.50. The molecule has 0 aliphatic rings. The van der Waals surface area contributed by atoms with Crippen molar-refractivity contribution in [2.45, 2.75) is 26.8 Å². The van der Waals surface area contributed by atoms with Gasteiger partial charge in [0.05, 0.1) is 5.84 Å². The molecule has 21 heavy (non-hydrogen) atoms. The van der Waals surface area contributed by atoms with Crippen LogP contribution in [0, 0.1) is 19.3 Å². The molecule has 2 rings (SSSR count). The number of pyridine rings is 1. The fourth-order valence-electron chi connectivity index (χ4n) is 2.07. The van der Waals surface area contributed by atoms with E-state index in [1.54, 1.807) is 6.20 Å². The van der Waals surface area contributed by atoms with Crippen LogP contribution in [0.5, 0.6) is 0 Å². The van der Waals surface area contributed by atoms with Gasteiger partial charge < -0.3 is 10.6 Å². The fraction of sp³-hybridized carbons (Fsp3) is 0.333. The summed E-state index contributed by atoms with van der Waals surface area (Å²) in [5, 5.41) is 7.41. The Kier molecular flexibility index (Phi) is 4.81. The maximum absolute atomic E-state index is 7.41. The zero-order chi connectivity index (χ0) is 15.2. The average molecular weight is 284 g/mol. The van der Waals surface area contributed by atoms with Crippen molar-refractivity contribution in [3.8, 4) is 0 Å². The summed E-state index contributed by atoms with van der Waals surface area (Å²) in [5.74, 6) is 0.827. The van der Waals surface area contributed by atoms with Crippen molar-refractivity contribution < 1.29 is 0 Å². The third kappa shape index (κ3) is 4.52. The van der Waals surface area contributed by atoms with E-state index in [0.29, 0.717) is 25.5 Å². The number of amidine groups is 1. The molecule has 0 bridgehead atoms. The van der Waals surface area contributed by atoms with Crippen LogP contribution in [0.15, 0.2) is 30.6 Å². The summed E-state index contributed by atoms with van der Waals surface area (Å²) < 4.78 is 0. The van der Waals surface area contributed by atoms with Crippen LogP contribution in [0.4, 0.5) is 5.95 Å². The minimum absolute atomic E-state index is 0.163. The Morgan fingerprint density at radius 2 is 2.00 bits per heavy atom. The highest BCUT2D eigenvalue weighted by Gasteiger charge is 2.12. The number of nitrogens with two attached hydrogens (primary N) is 1. The third-order valence-corrected chi connectivity index (χ3v) is 3.00. The molecule has 6 heteroatoms. The van der Waals surface area contributed by atoms with E-state index in [1.807, 2.05) is 43.1 Å². The lowest BCUT2D eigenvalue weighted by Crippen LogP contribution is -2.29. The Bertz CT molecular complexity index is 591.